The zero-order chi connectivity index (χ0) is 15.4. The minimum absolute atomic E-state index is 0.0798. The van der Waals surface area contributed by atoms with E-state index < -0.39 is 0 Å². The van der Waals surface area contributed by atoms with Crippen LogP contribution >= 0.6 is 0 Å². The van der Waals surface area contributed by atoms with Gasteiger partial charge in [0.25, 0.3) is 0 Å². The number of nitrogens with zero attached hydrogens (tertiary/aromatic N) is 2. The van der Waals surface area contributed by atoms with E-state index in [0.717, 1.165) is 16.3 Å². The number of hydrogen-bond donors (Lipinski definition) is 0. The number of amides is 2. The number of hydrazine groups is 1. The van der Waals surface area contributed by atoms with Crippen molar-refractivity contribution >= 4 is 22.6 Å². The summed E-state index contributed by atoms with van der Waals surface area (Å²) in [5.74, 6) is -0.181. The molecule has 0 N–H and O–H groups in total. The molecule has 2 rings (SSSR count). The fourth-order valence-corrected chi connectivity index (χ4v) is 2.29. The van der Waals surface area contributed by atoms with Crippen molar-refractivity contribution in [2.75, 3.05) is 14.1 Å². The number of carbonyl (C=O) groups excluding carboxylic acids is 2. The highest BCUT2D eigenvalue weighted by Crippen LogP contribution is 2.19. The lowest BCUT2D eigenvalue weighted by Crippen LogP contribution is -2.45. The topological polar surface area (TPSA) is 40.6 Å². The molecule has 0 aromatic heterocycles. The van der Waals surface area contributed by atoms with Crippen molar-refractivity contribution in [3.8, 4) is 0 Å². The van der Waals surface area contributed by atoms with Crippen LogP contribution in [-0.4, -0.2) is 35.9 Å². The van der Waals surface area contributed by atoms with Crippen molar-refractivity contribution in [3.05, 3.63) is 48.0 Å². The average molecular weight is 284 g/mol. The van der Waals surface area contributed by atoms with Crippen molar-refractivity contribution in [2.24, 2.45) is 0 Å². The van der Waals surface area contributed by atoms with Gasteiger partial charge < -0.3 is 0 Å². The van der Waals surface area contributed by atoms with E-state index in [-0.39, 0.29) is 18.2 Å². The molecule has 0 fully saturated rings. The first-order valence-electron chi connectivity index (χ1n) is 7.04. The van der Waals surface area contributed by atoms with Crippen LogP contribution in [0.5, 0.6) is 0 Å². The minimum Gasteiger partial charge on any atom is -0.273 e. The molecule has 0 spiro atoms. The zero-order valence-corrected chi connectivity index (χ0v) is 12.7. The molecule has 0 saturated heterocycles. The molecule has 0 radical (unpaired) electrons. The molecule has 2 aromatic carbocycles. The predicted octanol–water partition coefficient (Wildman–Crippen LogP) is 2.62. The first-order chi connectivity index (χ1) is 10.0. The van der Waals surface area contributed by atoms with Crippen LogP contribution in [0.1, 0.15) is 18.9 Å². The van der Waals surface area contributed by atoms with E-state index in [1.807, 2.05) is 42.5 Å². The summed E-state index contributed by atoms with van der Waals surface area (Å²) in [6.45, 7) is 1.78. The van der Waals surface area contributed by atoms with Gasteiger partial charge in [-0.25, -0.2) is 0 Å². The maximum atomic E-state index is 12.3. The summed E-state index contributed by atoms with van der Waals surface area (Å²) in [6, 6.07) is 13.9. The van der Waals surface area contributed by atoms with E-state index in [4.69, 9.17) is 0 Å². The molecule has 0 saturated carbocycles. The van der Waals surface area contributed by atoms with Crippen molar-refractivity contribution in [3.63, 3.8) is 0 Å². The fourth-order valence-electron chi connectivity index (χ4n) is 2.29. The van der Waals surface area contributed by atoms with Crippen molar-refractivity contribution in [1.29, 1.82) is 0 Å². The highest BCUT2D eigenvalue weighted by atomic mass is 16.2. The molecule has 110 valence electrons. The molecule has 21 heavy (non-hydrogen) atoms. The Bertz CT molecular complexity index is 661. The SMILES string of the molecule is CCC(=O)N(C)N(C)C(=O)Cc1cccc2ccccc12. The largest absolute Gasteiger partial charge is 0.273 e. The Labute approximate surface area is 124 Å². The highest BCUT2D eigenvalue weighted by molar-refractivity contribution is 5.90. The molecule has 0 heterocycles. The van der Waals surface area contributed by atoms with Gasteiger partial charge in [0.15, 0.2) is 0 Å². The second-order valence-electron chi connectivity index (χ2n) is 5.00. The van der Waals surface area contributed by atoms with Gasteiger partial charge in [-0.15, -0.1) is 0 Å². The first-order valence-corrected chi connectivity index (χ1v) is 7.04. The lowest BCUT2D eigenvalue weighted by Gasteiger charge is -2.28. The summed E-state index contributed by atoms with van der Waals surface area (Å²) in [5.41, 5.74) is 0.974. The van der Waals surface area contributed by atoms with Gasteiger partial charge in [-0.2, -0.15) is 0 Å². The summed E-state index contributed by atoms with van der Waals surface area (Å²) in [5, 5.41) is 4.94. The second kappa shape index (κ2) is 6.39. The van der Waals surface area contributed by atoms with Crippen LogP contribution in [0.3, 0.4) is 0 Å². The van der Waals surface area contributed by atoms with Gasteiger partial charge in [0, 0.05) is 20.5 Å². The third-order valence-electron chi connectivity index (χ3n) is 3.70. The molecule has 0 unspecified atom stereocenters. The van der Waals surface area contributed by atoms with E-state index in [0.29, 0.717) is 6.42 Å². The summed E-state index contributed by atoms with van der Waals surface area (Å²) in [7, 11) is 3.24. The smallest absolute Gasteiger partial charge is 0.245 e. The normalized spacial score (nSPS) is 10.4. The molecule has 0 aliphatic rings. The van der Waals surface area contributed by atoms with Crippen LogP contribution in [0.2, 0.25) is 0 Å². The number of likely N-dealkylation sites (N-methyl/N-ethyl adjacent to an activating group) is 1. The van der Waals surface area contributed by atoms with Gasteiger partial charge in [0.05, 0.1) is 6.42 Å². The maximum Gasteiger partial charge on any atom is 0.245 e. The van der Waals surface area contributed by atoms with E-state index in [1.54, 1.807) is 21.0 Å². The monoisotopic (exact) mass is 284 g/mol. The van der Waals surface area contributed by atoms with E-state index in [9.17, 15) is 9.59 Å². The van der Waals surface area contributed by atoms with Crippen molar-refractivity contribution in [1.82, 2.24) is 10.0 Å². The third kappa shape index (κ3) is 3.21. The average Bonchev–Trinajstić information content (AvgIpc) is 2.53. The van der Waals surface area contributed by atoms with Gasteiger partial charge in [0.2, 0.25) is 11.8 Å². The van der Waals surface area contributed by atoms with Gasteiger partial charge in [0.1, 0.15) is 0 Å². The van der Waals surface area contributed by atoms with Crippen molar-refractivity contribution < 1.29 is 9.59 Å². The Morgan fingerprint density at radius 1 is 0.905 bits per heavy atom. The Balaban J connectivity index is 2.20. The van der Waals surface area contributed by atoms with Crippen LogP contribution in [0.25, 0.3) is 10.8 Å². The Kier molecular flexibility index (Phi) is 4.58. The first kappa shape index (κ1) is 15.0. The molecule has 2 amide bonds. The Hall–Kier alpha value is -2.36. The predicted molar refractivity (Wildman–Crippen MR) is 83.5 cm³/mol. The molecule has 2 aromatic rings. The van der Waals surface area contributed by atoms with Crippen LogP contribution in [0.4, 0.5) is 0 Å². The molecular formula is C17H20N2O2. The summed E-state index contributed by atoms with van der Waals surface area (Å²) >= 11 is 0. The summed E-state index contributed by atoms with van der Waals surface area (Å²) in [4.78, 5) is 24.0. The summed E-state index contributed by atoms with van der Waals surface area (Å²) < 4.78 is 0. The molecular weight excluding hydrogens is 264 g/mol. The van der Waals surface area contributed by atoms with Gasteiger partial charge in [-0.05, 0) is 16.3 Å². The minimum atomic E-state index is -0.101. The zero-order valence-electron chi connectivity index (χ0n) is 12.7. The molecule has 4 heteroatoms. The Morgan fingerprint density at radius 2 is 1.52 bits per heavy atom. The maximum absolute atomic E-state index is 12.3. The van der Waals surface area contributed by atoms with E-state index in [2.05, 4.69) is 0 Å². The highest BCUT2D eigenvalue weighted by Gasteiger charge is 2.18. The van der Waals surface area contributed by atoms with Crippen LogP contribution in [0, 0.1) is 0 Å². The number of rotatable bonds is 3. The van der Waals surface area contributed by atoms with E-state index in [1.165, 1.54) is 10.0 Å². The third-order valence-corrected chi connectivity index (χ3v) is 3.70. The molecule has 0 aliphatic carbocycles. The molecule has 4 nitrogen and oxygen atoms in total. The standard InChI is InChI=1S/C17H20N2O2/c1-4-16(20)18(2)19(3)17(21)12-14-10-7-9-13-8-5-6-11-15(13)14/h5-11H,4,12H2,1-3H3. The second-order valence-corrected chi connectivity index (χ2v) is 5.00. The number of benzene rings is 2. The van der Waals surface area contributed by atoms with E-state index >= 15 is 0 Å². The molecule has 0 atom stereocenters. The van der Waals surface area contributed by atoms with Crippen LogP contribution in [0.15, 0.2) is 42.5 Å². The van der Waals surface area contributed by atoms with Gasteiger partial charge >= 0.3 is 0 Å². The number of carbonyl (C=O) groups is 2. The van der Waals surface area contributed by atoms with Gasteiger partial charge in [-0.3, -0.25) is 19.6 Å². The van der Waals surface area contributed by atoms with Crippen molar-refractivity contribution in [2.45, 2.75) is 19.8 Å². The summed E-state index contributed by atoms with van der Waals surface area (Å²) in [6.07, 6.45) is 0.654. The lowest BCUT2D eigenvalue weighted by molar-refractivity contribution is -0.157. The van der Waals surface area contributed by atoms with Crippen LogP contribution in [-0.2, 0) is 16.0 Å². The molecule has 0 aliphatic heterocycles. The Morgan fingerprint density at radius 3 is 2.24 bits per heavy atom. The molecule has 0 bridgehead atoms. The van der Waals surface area contributed by atoms with Crippen LogP contribution < -0.4 is 0 Å². The lowest BCUT2D eigenvalue weighted by atomic mass is 10.0. The quantitative estimate of drug-likeness (QED) is 0.813. The number of fused-ring (bicyclic) bond motifs is 1. The number of hydrogen-bond acceptors (Lipinski definition) is 2. The fraction of sp³-hybridized carbons (Fsp3) is 0.294. The van der Waals surface area contributed by atoms with Gasteiger partial charge in [-0.1, -0.05) is 49.4 Å².